The third-order valence-corrected chi connectivity index (χ3v) is 28.7. The number of hydrogen-bond donors (Lipinski definition) is 0. The van der Waals surface area contributed by atoms with Crippen molar-refractivity contribution < 1.29 is 0 Å². The molecule has 0 amide bonds. The van der Waals surface area contributed by atoms with Crippen LogP contribution in [0.3, 0.4) is 0 Å². The molecule has 0 saturated heterocycles. The molecule has 0 aliphatic rings. The van der Waals surface area contributed by atoms with Gasteiger partial charge in [0.2, 0.25) is 0 Å². The average molecular weight is 1910 g/mol. The van der Waals surface area contributed by atoms with Crippen LogP contribution in [0.25, 0.3) is 298 Å². The summed E-state index contributed by atoms with van der Waals surface area (Å²) in [5.41, 5.74) is 17.9. The van der Waals surface area contributed by atoms with Crippen molar-refractivity contribution in [1.82, 2.24) is 74.8 Å². The molecule has 150 heavy (non-hydrogen) atoms. The Labute approximate surface area is 859 Å². The van der Waals surface area contributed by atoms with Gasteiger partial charge in [-0.3, -0.25) is 0 Å². The summed E-state index contributed by atoms with van der Waals surface area (Å²) >= 11 is 0. The van der Waals surface area contributed by atoms with Crippen LogP contribution < -0.4 is 0 Å². The van der Waals surface area contributed by atoms with Crippen molar-refractivity contribution in [3.05, 3.63) is 493 Å². The van der Waals surface area contributed by atoms with Crippen LogP contribution in [0.1, 0.15) is 0 Å². The van der Waals surface area contributed by atoms with Gasteiger partial charge in [-0.05, 0) is 272 Å². The molecule has 0 N–H and O–H groups in total. The van der Waals surface area contributed by atoms with E-state index in [4.69, 9.17) is 44.9 Å². The van der Waals surface area contributed by atoms with Crippen molar-refractivity contribution in [2.24, 2.45) is 0 Å². The summed E-state index contributed by atoms with van der Waals surface area (Å²) < 4.78 is 0. The highest BCUT2D eigenvalue weighted by molar-refractivity contribution is 6.15. The number of aromatic nitrogens is 15. The van der Waals surface area contributed by atoms with Gasteiger partial charge in [0.05, 0.1) is 16.6 Å². The zero-order chi connectivity index (χ0) is 99.1. The first-order chi connectivity index (χ1) is 74.2. The molecule has 0 atom stereocenters. The van der Waals surface area contributed by atoms with Crippen LogP contribution in [-0.4, -0.2) is 74.8 Å². The van der Waals surface area contributed by atoms with E-state index in [0.717, 1.165) is 192 Å². The first-order valence-corrected chi connectivity index (χ1v) is 49.9. The van der Waals surface area contributed by atoms with Crippen LogP contribution in [0, 0.1) is 0 Å². The number of rotatable bonds is 12. The van der Waals surface area contributed by atoms with E-state index in [1.54, 1.807) is 19.0 Å². The number of hydrogen-bond acceptors (Lipinski definition) is 15. The lowest BCUT2D eigenvalue weighted by atomic mass is 9.95. The molecule has 6 aromatic heterocycles. The predicted molar refractivity (Wildman–Crippen MR) is 614 cm³/mol. The highest BCUT2D eigenvalue weighted by Crippen LogP contribution is 2.44. The van der Waals surface area contributed by atoms with E-state index in [9.17, 15) is 0 Å². The second kappa shape index (κ2) is 37.0. The van der Waals surface area contributed by atoms with Crippen LogP contribution in [-0.2, 0) is 0 Å². The molecule has 15 heteroatoms. The van der Waals surface area contributed by atoms with Gasteiger partial charge in [0.15, 0.2) is 52.4 Å². The van der Waals surface area contributed by atoms with Gasteiger partial charge in [-0.1, -0.05) is 346 Å². The maximum Gasteiger partial charge on any atom is 0.165 e. The molecule has 0 spiro atoms. The second-order valence-corrected chi connectivity index (χ2v) is 37.9. The van der Waals surface area contributed by atoms with Crippen molar-refractivity contribution >= 4 is 162 Å². The summed E-state index contributed by atoms with van der Waals surface area (Å²) in [5.74, 6) is 5.72. The molecule has 24 aromatic carbocycles. The predicted octanol–water partition coefficient (Wildman–Crippen LogP) is 33.3. The van der Waals surface area contributed by atoms with Crippen molar-refractivity contribution in [2.75, 3.05) is 0 Å². The molecule has 696 valence electrons. The minimum Gasteiger partial charge on any atom is -0.244 e. The van der Waals surface area contributed by atoms with Crippen LogP contribution in [0.5, 0.6) is 0 Å². The van der Waals surface area contributed by atoms with Gasteiger partial charge < -0.3 is 0 Å². The standard InChI is InChI=1S/3C45H27N5/c1-5-13-36-31(9-1)24-32-10-2-6-14-37(32)41(36)44-48-43(29-19-17-28(18-20-29)30-21-22-40-35(23-30)26-46-27-47-40)49-45(50-44)42-38-15-7-3-11-33(38)25-34-12-4-8-16-39(34)42;1-3-9-32-24-40-35(21-30(32)7-1)11-5-13-38(40)44-48-43(29-17-15-28(16-18-29)34-19-20-42-37(23-34)26-46-27-47-42)49-45(50-44)39-14-6-12-36-22-31-8-2-4-10-33(31)25-41(36)39;1-3-7-32-21-39-24-37(15-13-35(39)19-30(32)5-1)44-48-43(29-11-9-28(10-12-29)34-17-18-42-41(23-34)26-46-27-47-42)49-45(50-44)38-16-14-36-20-31-6-2-4-8-33(31)22-40(36)25-38/h3*1-27H. The van der Waals surface area contributed by atoms with Crippen LogP contribution in [0.2, 0.25) is 0 Å². The fourth-order valence-corrected chi connectivity index (χ4v) is 21.2. The number of fused-ring (bicyclic) bond motifs is 15. The molecule has 0 fully saturated rings. The second-order valence-electron chi connectivity index (χ2n) is 37.9. The maximum atomic E-state index is 5.36. The highest BCUT2D eigenvalue weighted by atomic mass is 15.1. The van der Waals surface area contributed by atoms with Gasteiger partial charge in [-0.15, -0.1) is 0 Å². The lowest BCUT2D eigenvalue weighted by molar-refractivity contribution is 1.08. The van der Waals surface area contributed by atoms with E-state index in [0.29, 0.717) is 52.4 Å². The molecule has 0 aliphatic carbocycles. The van der Waals surface area contributed by atoms with Crippen molar-refractivity contribution in [3.8, 4) is 136 Å². The molecule has 0 aliphatic heterocycles. The normalized spacial score (nSPS) is 11.6. The minimum atomic E-state index is 0.623. The molecule has 0 bridgehead atoms. The summed E-state index contributed by atoms with van der Waals surface area (Å²) in [5, 5.41) is 30.8. The monoisotopic (exact) mass is 1910 g/mol. The largest absolute Gasteiger partial charge is 0.244 e. The summed E-state index contributed by atoms with van der Waals surface area (Å²) in [7, 11) is 0. The smallest absolute Gasteiger partial charge is 0.165 e. The third-order valence-electron chi connectivity index (χ3n) is 28.7. The minimum absolute atomic E-state index is 0.623. The van der Waals surface area contributed by atoms with Crippen molar-refractivity contribution in [2.45, 2.75) is 0 Å². The number of nitrogens with zero attached hydrogens (tertiary/aromatic N) is 15. The van der Waals surface area contributed by atoms with Gasteiger partial charge in [0, 0.05) is 84.8 Å². The Morgan fingerprint density at radius 3 is 0.667 bits per heavy atom. The molecule has 0 radical (unpaired) electrons. The highest BCUT2D eigenvalue weighted by Gasteiger charge is 2.25. The Bertz CT molecular complexity index is 10200. The lowest BCUT2D eigenvalue weighted by Gasteiger charge is -2.15. The van der Waals surface area contributed by atoms with E-state index in [2.05, 4.69) is 467 Å². The molecule has 6 heterocycles. The topological polar surface area (TPSA) is 193 Å². The Balaban J connectivity index is 0.000000108. The first-order valence-electron chi connectivity index (χ1n) is 49.9. The summed E-state index contributed by atoms with van der Waals surface area (Å²) in [6.45, 7) is 0. The lowest BCUT2D eigenvalue weighted by Crippen LogP contribution is -2.02. The Hall–Kier alpha value is -20.6. The molecular formula is C135H81N15. The maximum absolute atomic E-state index is 5.36. The zero-order valence-corrected chi connectivity index (χ0v) is 80.5. The molecule has 15 nitrogen and oxygen atoms in total. The van der Waals surface area contributed by atoms with E-state index in [1.807, 2.05) is 36.8 Å². The Kier molecular flexibility index (Phi) is 21.5. The van der Waals surface area contributed by atoms with Crippen LogP contribution in [0.4, 0.5) is 0 Å². The molecule has 30 rings (SSSR count). The Morgan fingerprint density at radius 1 is 0.120 bits per heavy atom. The van der Waals surface area contributed by atoms with Crippen molar-refractivity contribution in [1.29, 1.82) is 0 Å². The fraction of sp³-hybridized carbons (Fsp3) is 0. The fourth-order valence-electron chi connectivity index (χ4n) is 21.2. The van der Waals surface area contributed by atoms with E-state index < -0.39 is 0 Å². The van der Waals surface area contributed by atoms with Gasteiger partial charge in [0.25, 0.3) is 0 Å². The van der Waals surface area contributed by atoms with E-state index in [-0.39, 0.29) is 0 Å². The molecule has 0 unspecified atom stereocenters. The van der Waals surface area contributed by atoms with Gasteiger partial charge >= 0.3 is 0 Å². The Morgan fingerprint density at radius 2 is 0.333 bits per heavy atom. The first kappa shape index (κ1) is 87.3. The summed E-state index contributed by atoms with van der Waals surface area (Å²) in [4.78, 5) is 72.4. The van der Waals surface area contributed by atoms with E-state index >= 15 is 0 Å². The quantitative estimate of drug-likeness (QED) is 0.105. The van der Waals surface area contributed by atoms with Crippen LogP contribution >= 0.6 is 0 Å². The molecule has 30 aromatic rings. The number of benzene rings is 24. The van der Waals surface area contributed by atoms with Crippen molar-refractivity contribution in [3.63, 3.8) is 0 Å². The third kappa shape index (κ3) is 16.5. The summed E-state index contributed by atoms with van der Waals surface area (Å²) in [6, 6.07) is 160. The zero-order valence-electron chi connectivity index (χ0n) is 80.5. The van der Waals surface area contributed by atoms with E-state index in [1.165, 1.54) is 53.9 Å². The SMILES string of the molecule is c1ccc2c(-c3nc(-c4ccc(-c5ccc6ncncc6c5)cc4)nc(-c4c5ccccc5cc5ccccc45)n3)c3ccccc3cc2c1.c1ccc2cc3c(-c4nc(-c5ccc(-c6ccc7ncncc7c6)cc5)nc(-c5cccc6cc7ccccc7cc56)n4)cccc3cc2c1.c1ccc2cc3cc(-c4nc(-c5ccc(-c6ccc7ncncc7c6)cc5)nc(-c5ccc6cc7ccccc7cc6c5)n4)ccc3cc2c1. The van der Waals surface area contributed by atoms with Gasteiger partial charge in [-0.2, -0.15) is 0 Å². The summed E-state index contributed by atoms with van der Waals surface area (Å²) in [6.07, 6.45) is 10.3. The van der Waals surface area contributed by atoms with Gasteiger partial charge in [0.1, 0.15) is 19.0 Å². The molecule has 0 saturated carbocycles. The average Bonchev–Trinajstić information content (AvgIpc) is 0.746. The van der Waals surface area contributed by atoms with Gasteiger partial charge in [-0.25, -0.2) is 74.8 Å². The van der Waals surface area contributed by atoms with Crippen LogP contribution in [0.15, 0.2) is 493 Å². The molecular weight excluding hydrogens is 1830 g/mol.